The molecule has 4 N–H and O–H groups in total. The minimum Gasteiger partial charge on any atom is -0.505 e. The Kier molecular flexibility index (Phi) is 3.65. The molecule has 2 aromatic rings. The van der Waals surface area contributed by atoms with Crippen molar-refractivity contribution in [2.45, 2.75) is 26.8 Å². The van der Waals surface area contributed by atoms with Gasteiger partial charge in [0.15, 0.2) is 5.75 Å². The summed E-state index contributed by atoms with van der Waals surface area (Å²) in [5.74, 6) is 0.0466. The minimum atomic E-state index is -0.401. The predicted molar refractivity (Wildman–Crippen MR) is 74.4 cm³/mol. The van der Waals surface area contributed by atoms with Gasteiger partial charge in [-0.1, -0.05) is 11.2 Å². The van der Waals surface area contributed by atoms with Crippen LogP contribution in [0.4, 0.5) is 5.69 Å². The summed E-state index contributed by atoms with van der Waals surface area (Å²) < 4.78 is 5.08. The van der Waals surface area contributed by atoms with Crippen molar-refractivity contribution in [1.29, 1.82) is 0 Å². The zero-order valence-electron chi connectivity index (χ0n) is 11.6. The standard InChI is InChI=1S/C14H17N3O3/c1-7(12-8(2)17-20-9(12)3)16-14(19)10-5-4-6-11(15)13(10)18/h4-7,18H,15H2,1-3H3,(H,16,19). The van der Waals surface area contributed by atoms with Crippen molar-refractivity contribution >= 4 is 11.6 Å². The lowest BCUT2D eigenvalue weighted by atomic mass is 10.1. The van der Waals surface area contributed by atoms with Crippen LogP contribution in [0.5, 0.6) is 5.75 Å². The molecule has 1 aromatic heterocycles. The summed E-state index contributed by atoms with van der Waals surface area (Å²) in [6.45, 7) is 5.43. The number of nitrogens with zero attached hydrogens (tertiary/aromatic N) is 1. The number of phenolic OH excluding ortho intramolecular Hbond substituents is 1. The summed E-state index contributed by atoms with van der Waals surface area (Å²) in [6, 6.07) is 4.38. The van der Waals surface area contributed by atoms with E-state index in [-0.39, 0.29) is 23.0 Å². The van der Waals surface area contributed by atoms with Gasteiger partial charge in [-0.3, -0.25) is 4.79 Å². The highest BCUT2D eigenvalue weighted by molar-refractivity contribution is 5.98. The highest BCUT2D eigenvalue weighted by atomic mass is 16.5. The maximum absolute atomic E-state index is 12.2. The Morgan fingerprint density at radius 2 is 2.15 bits per heavy atom. The molecule has 0 saturated heterocycles. The Morgan fingerprint density at radius 1 is 1.45 bits per heavy atom. The van der Waals surface area contributed by atoms with Crippen LogP contribution < -0.4 is 11.1 Å². The van der Waals surface area contributed by atoms with Crippen LogP contribution in [-0.4, -0.2) is 16.2 Å². The normalized spacial score (nSPS) is 12.2. The van der Waals surface area contributed by atoms with Gasteiger partial charge in [-0.2, -0.15) is 0 Å². The summed E-state index contributed by atoms with van der Waals surface area (Å²) in [5.41, 5.74) is 7.45. The number of anilines is 1. The first kappa shape index (κ1) is 13.9. The topological polar surface area (TPSA) is 101 Å². The van der Waals surface area contributed by atoms with E-state index in [2.05, 4.69) is 10.5 Å². The molecular formula is C14H17N3O3. The fourth-order valence-corrected chi connectivity index (χ4v) is 2.20. The van der Waals surface area contributed by atoms with Crippen LogP contribution >= 0.6 is 0 Å². The molecule has 1 aromatic carbocycles. The van der Waals surface area contributed by atoms with Gasteiger partial charge in [-0.25, -0.2) is 0 Å². The highest BCUT2D eigenvalue weighted by Gasteiger charge is 2.20. The molecular weight excluding hydrogens is 258 g/mol. The Bertz CT molecular complexity index is 630. The number of aromatic nitrogens is 1. The third-order valence-electron chi connectivity index (χ3n) is 3.18. The molecule has 6 heteroatoms. The Labute approximate surface area is 116 Å². The van der Waals surface area contributed by atoms with Gasteiger partial charge < -0.3 is 20.7 Å². The van der Waals surface area contributed by atoms with Gasteiger partial charge in [0, 0.05) is 5.56 Å². The number of hydrogen-bond donors (Lipinski definition) is 3. The van der Waals surface area contributed by atoms with Crippen molar-refractivity contribution in [2.24, 2.45) is 0 Å². The number of benzene rings is 1. The van der Waals surface area contributed by atoms with Gasteiger partial charge in [0.1, 0.15) is 5.76 Å². The zero-order valence-corrected chi connectivity index (χ0v) is 11.6. The number of carbonyl (C=O) groups excluding carboxylic acids is 1. The van der Waals surface area contributed by atoms with Crippen LogP contribution in [-0.2, 0) is 0 Å². The number of hydrogen-bond acceptors (Lipinski definition) is 5. The molecule has 0 saturated carbocycles. The lowest BCUT2D eigenvalue weighted by Crippen LogP contribution is -2.27. The molecule has 0 aliphatic heterocycles. The van der Waals surface area contributed by atoms with E-state index in [1.807, 2.05) is 13.8 Å². The largest absolute Gasteiger partial charge is 0.505 e. The maximum atomic E-state index is 12.2. The predicted octanol–water partition coefficient (Wildman–Crippen LogP) is 2.07. The molecule has 0 fully saturated rings. The number of amides is 1. The van der Waals surface area contributed by atoms with Gasteiger partial charge in [0.05, 0.1) is 23.0 Å². The number of aromatic hydroxyl groups is 1. The van der Waals surface area contributed by atoms with E-state index in [9.17, 15) is 9.90 Å². The Morgan fingerprint density at radius 3 is 2.75 bits per heavy atom. The quantitative estimate of drug-likeness (QED) is 0.588. The Hall–Kier alpha value is -2.50. The molecule has 1 atom stereocenters. The van der Waals surface area contributed by atoms with Gasteiger partial charge in [0.2, 0.25) is 0 Å². The second-order valence-electron chi connectivity index (χ2n) is 4.68. The highest BCUT2D eigenvalue weighted by Crippen LogP contribution is 2.26. The van der Waals surface area contributed by atoms with Crippen LogP contribution in [0.25, 0.3) is 0 Å². The van der Waals surface area contributed by atoms with Gasteiger partial charge in [-0.15, -0.1) is 0 Å². The first-order valence-electron chi connectivity index (χ1n) is 6.23. The van der Waals surface area contributed by atoms with E-state index < -0.39 is 5.91 Å². The summed E-state index contributed by atoms with van der Waals surface area (Å²) in [5, 5.41) is 16.5. The van der Waals surface area contributed by atoms with Crippen LogP contribution in [0.3, 0.4) is 0 Å². The van der Waals surface area contributed by atoms with Crippen molar-refractivity contribution in [1.82, 2.24) is 10.5 Å². The molecule has 0 spiro atoms. The number of rotatable bonds is 3. The summed E-state index contributed by atoms with van der Waals surface area (Å²) >= 11 is 0. The lowest BCUT2D eigenvalue weighted by molar-refractivity contribution is 0.0937. The molecule has 0 aliphatic carbocycles. The average molecular weight is 275 g/mol. The molecule has 20 heavy (non-hydrogen) atoms. The average Bonchev–Trinajstić information content (AvgIpc) is 2.72. The number of aryl methyl sites for hydroxylation is 2. The second-order valence-corrected chi connectivity index (χ2v) is 4.68. The zero-order chi connectivity index (χ0) is 14.9. The van der Waals surface area contributed by atoms with E-state index in [0.29, 0.717) is 5.76 Å². The first-order valence-corrected chi connectivity index (χ1v) is 6.23. The second kappa shape index (κ2) is 5.24. The van der Waals surface area contributed by atoms with Crippen LogP contribution in [0.1, 0.15) is 40.3 Å². The number of carbonyl (C=O) groups is 1. The summed E-state index contributed by atoms with van der Waals surface area (Å²) in [7, 11) is 0. The molecule has 1 unspecified atom stereocenters. The van der Waals surface area contributed by atoms with Crippen molar-refractivity contribution in [3.63, 3.8) is 0 Å². The van der Waals surface area contributed by atoms with Crippen molar-refractivity contribution in [3.8, 4) is 5.75 Å². The van der Waals surface area contributed by atoms with Crippen molar-refractivity contribution in [3.05, 3.63) is 40.8 Å². The fourth-order valence-electron chi connectivity index (χ4n) is 2.20. The van der Waals surface area contributed by atoms with Crippen LogP contribution in [0.2, 0.25) is 0 Å². The molecule has 0 radical (unpaired) electrons. The van der Waals surface area contributed by atoms with Crippen LogP contribution in [0, 0.1) is 13.8 Å². The van der Waals surface area contributed by atoms with E-state index in [0.717, 1.165) is 11.3 Å². The molecule has 6 nitrogen and oxygen atoms in total. The van der Waals surface area contributed by atoms with E-state index >= 15 is 0 Å². The maximum Gasteiger partial charge on any atom is 0.255 e. The van der Waals surface area contributed by atoms with Crippen molar-refractivity contribution in [2.75, 3.05) is 5.73 Å². The third kappa shape index (κ3) is 2.45. The Balaban J connectivity index is 2.22. The number of phenols is 1. The van der Waals surface area contributed by atoms with E-state index in [1.54, 1.807) is 13.0 Å². The van der Waals surface area contributed by atoms with E-state index in [4.69, 9.17) is 10.3 Å². The molecule has 1 heterocycles. The molecule has 0 bridgehead atoms. The van der Waals surface area contributed by atoms with Crippen LogP contribution in [0.15, 0.2) is 22.7 Å². The van der Waals surface area contributed by atoms with Crippen molar-refractivity contribution < 1.29 is 14.4 Å². The number of para-hydroxylation sites is 1. The van der Waals surface area contributed by atoms with Gasteiger partial charge >= 0.3 is 0 Å². The summed E-state index contributed by atoms with van der Waals surface area (Å²) in [6.07, 6.45) is 0. The molecule has 106 valence electrons. The van der Waals surface area contributed by atoms with E-state index in [1.165, 1.54) is 12.1 Å². The molecule has 1 amide bonds. The monoisotopic (exact) mass is 275 g/mol. The van der Waals surface area contributed by atoms with Gasteiger partial charge in [0.25, 0.3) is 5.91 Å². The SMILES string of the molecule is Cc1noc(C)c1C(C)NC(=O)c1cccc(N)c1O. The third-order valence-corrected chi connectivity index (χ3v) is 3.18. The first-order chi connectivity index (χ1) is 9.41. The molecule has 2 rings (SSSR count). The van der Waals surface area contributed by atoms with Gasteiger partial charge in [-0.05, 0) is 32.9 Å². The lowest BCUT2D eigenvalue weighted by Gasteiger charge is -2.14. The number of nitrogen functional groups attached to an aromatic ring is 1. The fraction of sp³-hybridized carbons (Fsp3) is 0.286. The number of nitrogens with one attached hydrogen (secondary N) is 1. The molecule has 0 aliphatic rings. The number of nitrogens with two attached hydrogens (primary N) is 1. The summed E-state index contributed by atoms with van der Waals surface area (Å²) in [4.78, 5) is 12.2. The smallest absolute Gasteiger partial charge is 0.255 e. The minimum absolute atomic E-state index is 0.142.